The van der Waals surface area contributed by atoms with Crippen molar-refractivity contribution in [3.05, 3.63) is 15.6 Å². The van der Waals surface area contributed by atoms with Crippen LogP contribution >= 0.6 is 11.3 Å². The number of nitrogens with one attached hydrogen (secondary N) is 1. The van der Waals surface area contributed by atoms with Crippen LogP contribution in [0.25, 0.3) is 0 Å². The Kier molecular flexibility index (Phi) is 2.41. The average Bonchev–Trinajstić information content (AvgIpc) is 3.18. The Morgan fingerprint density at radius 3 is 2.56 bits per heavy atom. The van der Waals surface area contributed by atoms with Crippen molar-refractivity contribution in [3.63, 3.8) is 0 Å². The van der Waals surface area contributed by atoms with Crippen LogP contribution in [-0.4, -0.2) is 11.0 Å². The fourth-order valence-corrected chi connectivity index (χ4v) is 4.16. The van der Waals surface area contributed by atoms with Gasteiger partial charge in [-0.1, -0.05) is 13.8 Å². The number of thiazole rings is 1. The third-order valence-corrected chi connectivity index (χ3v) is 5.83. The fraction of sp³-hybridized carbons (Fsp3) is 0.800. The van der Waals surface area contributed by atoms with Gasteiger partial charge in [-0.2, -0.15) is 0 Å². The van der Waals surface area contributed by atoms with Gasteiger partial charge in [0.15, 0.2) is 0 Å². The minimum atomic E-state index is 0.514. The molecule has 1 atom stereocenters. The second-order valence-corrected chi connectivity index (χ2v) is 8.15. The quantitative estimate of drug-likeness (QED) is 0.873. The van der Waals surface area contributed by atoms with Crippen molar-refractivity contribution in [1.29, 1.82) is 0 Å². The Morgan fingerprint density at radius 1 is 1.28 bits per heavy atom. The lowest BCUT2D eigenvalue weighted by Crippen LogP contribution is -2.15. The molecule has 3 heteroatoms. The van der Waals surface area contributed by atoms with Crippen LogP contribution < -0.4 is 5.32 Å². The van der Waals surface area contributed by atoms with Gasteiger partial charge in [-0.3, -0.25) is 0 Å². The van der Waals surface area contributed by atoms with Crippen molar-refractivity contribution >= 4 is 11.3 Å². The maximum atomic E-state index is 5.01. The van der Waals surface area contributed by atoms with Crippen LogP contribution in [0.15, 0.2) is 0 Å². The van der Waals surface area contributed by atoms with Crippen LogP contribution in [0, 0.1) is 5.41 Å². The molecule has 0 saturated heterocycles. The van der Waals surface area contributed by atoms with Gasteiger partial charge in [-0.15, -0.1) is 11.3 Å². The van der Waals surface area contributed by atoms with E-state index in [1.54, 1.807) is 4.88 Å². The molecule has 0 amide bonds. The largest absolute Gasteiger partial charge is 0.309 e. The van der Waals surface area contributed by atoms with Crippen molar-refractivity contribution in [2.75, 3.05) is 0 Å². The number of hydrogen-bond donors (Lipinski definition) is 1. The first-order valence-corrected chi connectivity index (χ1v) is 8.18. The fourth-order valence-electron chi connectivity index (χ4n) is 2.75. The standard InChI is InChI=1S/C15H22N2S/c1-15(2)7-11(15)14-17-13(9-3-4-9)12(18-14)8-16-10-5-6-10/h9-11,16H,3-8H2,1-2H3. The molecule has 0 radical (unpaired) electrons. The molecule has 3 fully saturated rings. The Bertz CT molecular complexity index is 469. The highest BCUT2D eigenvalue weighted by molar-refractivity contribution is 7.11. The summed E-state index contributed by atoms with van der Waals surface area (Å²) in [6, 6.07) is 0.806. The summed E-state index contributed by atoms with van der Waals surface area (Å²) >= 11 is 2.00. The molecule has 1 aromatic rings. The smallest absolute Gasteiger partial charge is 0.0968 e. The zero-order valence-electron chi connectivity index (χ0n) is 11.3. The Balaban J connectivity index is 1.55. The summed E-state index contributed by atoms with van der Waals surface area (Å²) < 4.78 is 0. The first kappa shape index (κ1) is 11.4. The zero-order valence-corrected chi connectivity index (χ0v) is 12.1. The molecule has 98 valence electrons. The molecule has 18 heavy (non-hydrogen) atoms. The summed E-state index contributed by atoms with van der Waals surface area (Å²) in [6.07, 6.45) is 6.82. The van der Waals surface area contributed by atoms with Crippen LogP contribution in [0.5, 0.6) is 0 Å². The first-order chi connectivity index (χ1) is 8.63. The van der Waals surface area contributed by atoms with Gasteiger partial charge in [0.1, 0.15) is 0 Å². The minimum absolute atomic E-state index is 0.514. The van der Waals surface area contributed by atoms with E-state index in [9.17, 15) is 0 Å². The number of rotatable bonds is 5. The lowest BCUT2D eigenvalue weighted by molar-refractivity contribution is 0.619. The highest BCUT2D eigenvalue weighted by Gasteiger charge is 2.49. The van der Waals surface area contributed by atoms with Crippen LogP contribution in [0.2, 0.25) is 0 Å². The molecule has 3 aliphatic rings. The summed E-state index contributed by atoms with van der Waals surface area (Å²) in [6.45, 7) is 5.82. The van der Waals surface area contributed by atoms with E-state index in [4.69, 9.17) is 4.98 Å². The molecule has 4 rings (SSSR count). The second-order valence-electron chi connectivity index (χ2n) is 7.04. The van der Waals surface area contributed by atoms with Gasteiger partial charge in [0, 0.05) is 29.3 Å². The predicted octanol–water partition coefficient (Wildman–Crippen LogP) is 3.79. The zero-order chi connectivity index (χ0) is 12.3. The summed E-state index contributed by atoms with van der Waals surface area (Å²) in [5, 5.41) is 5.09. The summed E-state index contributed by atoms with van der Waals surface area (Å²) in [5.41, 5.74) is 1.96. The molecule has 3 aliphatic carbocycles. The number of hydrogen-bond acceptors (Lipinski definition) is 3. The van der Waals surface area contributed by atoms with Crippen LogP contribution in [0.4, 0.5) is 0 Å². The first-order valence-electron chi connectivity index (χ1n) is 7.36. The number of nitrogens with zero attached hydrogens (tertiary/aromatic N) is 1. The average molecular weight is 262 g/mol. The van der Waals surface area contributed by atoms with Gasteiger partial charge in [0.05, 0.1) is 10.7 Å². The van der Waals surface area contributed by atoms with Crippen LogP contribution in [-0.2, 0) is 6.54 Å². The molecule has 2 nitrogen and oxygen atoms in total. The van der Waals surface area contributed by atoms with Crippen molar-refractivity contribution in [2.45, 2.75) is 70.4 Å². The Morgan fingerprint density at radius 2 is 2.00 bits per heavy atom. The highest BCUT2D eigenvalue weighted by Crippen LogP contribution is 2.60. The second kappa shape index (κ2) is 3.80. The van der Waals surface area contributed by atoms with Gasteiger partial charge in [0.2, 0.25) is 0 Å². The summed E-state index contributed by atoms with van der Waals surface area (Å²) in [7, 11) is 0. The SMILES string of the molecule is CC1(C)CC1c1nc(C2CC2)c(CNC2CC2)s1. The number of aromatic nitrogens is 1. The third kappa shape index (κ3) is 2.12. The van der Waals surface area contributed by atoms with Crippen molar-refractivity contribution < 1.29 is 0 Å². The molecule has 0 aromatic carbocycles. The lowest BCUT2D eigenvalue weighted by Gasteiger charge is -2.01. The van der Waals surface area contributed by atoms with E-state index in [0.717, 1.165) is 24.4 Å². The molecule has 0 spiro atoms. The molecule has 1 aromatic heterocycles. The molecule has 1 heterocycles. The normalized spacial score (nSPS) is 29.6. The van der Waals surface area contributed by atoms with Gasteiger partial charge >= 0.3 is 0 Å². The van der Waals surface area contributed by atoms with Gasteiger partial charge in [-0.05, 0) is 37.5 Å². The Labute approximate surface area is 113 Å². The lowest BCUT2D eigenvalue weighted by atomic mass is 10.1. The molecule has 1 unspecified atom stereocenters. The summed E-state index contributed by atoms with van der Waals surface area (Å²) in [5.74, 6) is 1.54. The molecule has 1 N–H and O–H groups in total. The maximum Gasteiger partial charge on any atom is 0.0968 e. The van der Waals surface area contributed by atoms with E-state index in [-0.39, 0.29) is 0 Å². The topological polar surface area (TPSA) is 24.9 Å². The minimum Gasteiger partial charge on any atom is -0.309 e. The van der Waals surface area contributed by atoms with E-state index in [1.165, 1.54) is 42.8 Å². The third-order valence-electron chi connectivity index (χ3n) is 4.65. The van der Waals surface area contributed by atoms with Crippen LogP contribution in [0.1, 0.15) is 73.4 Å². The molecular weight excluding hydrogens is 240 g/mol. The van der Waals surface area contributed by atoms with Crippen molar-refractivity contribution in [1.82, 2.24) is 10.3 Å². The van der Waals surface area contributed by atoms with Gasteiger partial charge in [0.25, 0.3) is 0 Å². The van der Waals surface area contributed by atoms with E-state index in [2.05, 4.69) is 19.2 Å². The highest BCUT2D eigenvalue weighted by atomic mass is 32.1. The van der Waals surface area contributed by atoms with Gasteiger partial charge in [-0.25, -0.2) is 4.98 Å². The molecule has 0 bridgehead atoms. The van der Waals surface area contributed by atoms with E-state index >= 15 is 0 Å². The van der Waals surface area contributed by atoms with E-state index in [1.807, 2.05) is 11.3 Å². The van der Waals surface area contributed by atoms with Crippen LogP contribution in [0.3, 0.4) is 0 Å². The predicted molar refractivity (Wildman–Crippen MR) is 75.1 cm³/mol. The Hall–Kier alpha value is -0.410. The monoisotopic (exact) mass is 262 g/mol. The van der Waals surface area contributed by atoms with E-state index < -0.39 is 0 Å². The molecule has 3 saturated carbocycles. The molecular formula is C15H22N2S. The maximum absolute atomic E-state index is 5.01. The molecule has 0 aliphatic heterocycles. The van der Waals surface area contributed by atoms with Crippen molar-refractivity contribution in [3.8, 4) is 0 Å². The van der Waals surface area contributed by atoms with E-state index in [0.29, 0.717) is 5.41 Å². The summed E-state index contributed by atoms with van der Waals surface area (Å²) in [4.78, 5) is 6.55. The van der Waals surface area contributed by atoms with Crippen molar-refractivity contribution in [2.24, 2.45) is 5.41 Å². The van der Waals surface area contributed by atoms with Gasteiger partial charge < -0.3 is 5.32 Å².